The van der Waals surface area contributed by atoms with E-state index in [2.05, 4.69) is 41.5 Å². The number of ether oxygens (including phenoxy) is 6. The van der Waals surface area contributed by atoms with Crippen LogP contribution in [0.4, 0.5) is 0 Å². The molecule has 0 aliphatic carbocycles. The fourth-order valence-electron chi connectivity index (χ4n) is 6.57. The zero-order chi connectivity index (χ0) is 34.7. The molecular weight excluding hydrogens is 645 g/mol. The molecule has 2 aliphatic heterocycles. The lowest BCUT2D eigenvalue weighted by Gasteiger charge is -2.49. The van der Waals surface area contributed by atoms with Crippen LogP contribution >= 0.6 is 0 Å². The molecule has 2 heterocycles. The van der Waals surface area contributed by atoms with Crippen LogP contribution in [0.5, 0.6) is 5.75 Å². The molecule has 0 N–H and O–H groups in total. The SMILES string of the molecule is CC[Si](CC)(CC)O/C=C(\O[Si](CC)(CC)CC)[C@@H]1O[C@@H]2COC(c3ccc(OC)cc3)O[C@H]2[C@H](OCc2ccccc2)[C@H]1OC(C)=O. The van der Waals surface area contributed by atoms with Gasteiger partial charge in [-0.3, -0.25) is 4.79 Å². The van der Waals surface area contributed by atoms with Gasteiger partial charge in [-0.15, -0.1) is 0 Å². The van der Waals surface area contributed by atoms with Gasteiger partial charge in [-0.25, -0.2) is 0 Å². The lowest BCUT2D eigenvalue weighted by molar-refractivity contribution is -0.333. The van der Waals surface area contributed by atoms with Gasteiger partial charge in [-0.2, -0.15) is 0 Å². The van der Waals surface area contributed by atoms with E-state index < -0.39 is 59.4 Å². The Morgan fingerprint density at radius 1 is 0.833 bits per heavy atom. The molecule has 2 saturated heterocycles. The molecule has 0 spiro atoms. The molecule has 4 rings (SSSR count). The molecule has 0 bridgehead atoms. The van der Waals surface area contributed by atoms with Crippen LogP contribution in [-0.2, 0) is 43.9 Å². The van der Waals surface area contributed by atoms with Crippen molar-refractivity contribution in [1.29, 1.82) is 0 Å². The van der Waals surface area contributed by atoms with Crippen LogP contribution in [0.2, 0.25) is 36.3 Å². The van der Waals surface area contributed by atoms with E-state index in [0.717, 1.165) is 53.1 Å². The summed E-state index contributed by atoms with van der Waals surface area (Å²) in [5, 5.41) is 0. The van der Waals surface area contributed by atoms with Crippen molar-refractivity contribution in [2.75, 3.05) is 13.7 Å². The molecule has 2 aromatic rings. The summed E-state index contributed by atoms with van der Waals surface area (Å²) in [7, 11) is -2.66. The summed E-state index contributed by atoms with van der Waals surface area (Å²) in [6.45, 7) is 15.1. The predicted octanol–water partition coefficient (Wildman–Crippen LogP) is 8.28. The van der Waals surface area contributed by atoms with E-state index in [-0.39, 0.29) is 6.61 Å². The molecule has 2 aromatic carbocycles. The van der Waals surface area contributed by atoms with Crippen LogP contribution in [-0.4, -0.2) is 66.8 Å². The van der Waals surface area contributed by atoms with Crippen LogP contribution in [0.25, 0.3) is 0 Å². The summed E-state index contributed by atoms with van der Waals surface area (Å²) in [5.41, 5.74) is 1.83. The quantitative estimate of drug-likeness (QED) is 0.0919. The Morgan fingerprint density at radius 2 is 1.46 bits per heavy atom. The summed E-state index contributed by atoms with van der Waals surface area (Å²) >= 11 is 0. The molecule has 0 amide bonds. The predicted molar refractivity (Wildman–Crippen MR) is 190 cm³/mol. The van der Waals surface area contributed by atoms with Crippen molar-refractivity contribution in [3.63, 3.8) is 0 Å². The highest BCUT2D eigenvalue weighted by Gasteiger charge is 2.54. The largest absolute Gasteiger partial charge is 0.546 e. The first-order valence-electron chi connectivity index (χ1n) is 17.7. The van der Waals surface area contributed by atoms with E-state index >= 15 is 0 Å². The second-order valence-corrected chi connectivity index (χ2v) is 22.1. The minimum atomic E-state index is -2.23. The van der Waals surface area contributed by atoms with Crippen molar-refractivity contribution in [3.8, 4) is 5.75 Å². The molecule has 48 heavy (non-hydrogen) atoms. The van der Waals surface area contributed by atoms with Gasteiger partial charge in [-0.05, 0) is 54.0 Å². The van der Waals surface area contributed by atoms with E-state index in [9.17, 15) is 4.79 Å². The van der Waals surface area contributed by atoms with Crippen LogP contribution in [0.15, 0.2) is 66.6 Å². The maximum absolute atomic E-state index is 12.8. The normalized spacial score (nSPS) is 24.8. The second-order valence-electron chi connectivity index (χ2n) is 12.7. The summed E-state index contributed by atoms with van der Waals surface area (Å²) in [6.07, 6.45) is -2.33. The number of esters is 1. The van der Waals surface area contributed by atoms with Gasteiger partial charge in [0, 0.05) is 12.5 Å². The molecule has 11 heteroatoms. The molecule has 0 aromatic heterocycles. The second kappa shape index (κ2) is 17.8. The van der Waals surface area contributed by atoms with Crippen LogP contribution < -0.4 is 4.74 Å². The number of carbonyl (C=O) groups is 1. The Kier molecular flexibility index (Phi) is 14.2. The minimum Gasteiger partial charge on any atom is -0.546 e. The number of benzene rings is 2. The molecule has 0 radical (unpaired) electrons. The first-order valence-corrected chi connectivity index (χ1v) is 22.7. The fraction of sp³-hybridized carbons (Fsp3) is 0.595. The Bertz CT molecular complexity index is 1280. The van der Waals surface area contributed by atoms with E-state index in [1.807, 2.05) is 54.6 Å². The van der Waals surface area contributed by atoms with Crippen molar-refractivity contribution < 1.29 is 42.1 Å². The molecular formula is C37H56O9Si2. The minimum absolute atomic E-state index is 0.249. The van der Waals surface area contributed by atoms with E-state index in [4.69, 9.17) is 37.3 Å². The van der Waals surface area contributed by atoms with Crippen LogP contribution in [0.1, 0.15) is 65.9 Å². The summed E-state index contributed by atoms with van der Waals surface area (Å²) < 4.78 is 51.8. The zero-order valence-electron chi connectivity index (χ0n) is 30.1. The Hall–Kier alpha value is -2.68. The molecule has 2 fully saturated rings. The van der Waals surface area contributed by atoms with Gasteiger partial charge in [0.15, 0.2) is 18.5 Å². The number of hydrogen-bond donors (Lipinski definition) is 0. The topological polar surface area (TPSA) is 90.9 Å². The highest BCUT2D eigenvalue weighted by Crippen LogP contribution is 2.40. The van der Waals surface area contributed by atoms with Crippen LogP contribution in [0.3, 0.4) is 0 Å². The van der Waals surface area contributed by atoms with Crippen molar-refractivity contribution in [1.82, 2.24) is 0 Å². The number of fused-ring (bicyclic) bond motifs is 1. The maximum Gasteiger partial charge on any atom is 0.303 e. The average Bonchev–Trinajstić information content (AvgIpc) is 3.13. The van der Waals surface area contributed by atoms with E-state index in [1.165, 1.54) is 6.92 Å². The number of methoxy groups -OCH3 is 1. The number of rotatable bonds is 17. The molecule has 2 aliphatic rings. The molecule has 6 atom stereocenters. The van der Waals surface area contributed by atoms with Crippen LogP contribution in [0, 0.1) is 0 Å². The third kappa shape index (κ3) is 9.10. The summed E-state index contributed by atoms with van der Waals surface area (Å²) in [4.78, 5) is 12.8. The molecule has 266 valence electrons. The lowest BCUT2D eigenvalue weighted by atomic mass is 9.92. The smallest absolute Gasteiger partial charge is 0.303 e. The zero-order valence-corrected chi connectivity index (χ0v) is 32.1. The molecule has 0 saturated carbocycles. The van der Waals surface area contributed by atoms with Crippen molar-refractivity contribution in [3.05, 3.63) is 77.7 Å². The third-order valence-electron chi connectivity index (χ3n) is 10.2. The van der Waals surface area contributed by atoms with Gasteiger partial charge < -0.3 is 37.3 Å². The highest BCUT2D eigenvalue weighted by atomic mass is 28.4. The Morgan fingerprint density at radius 3 is 2.02 bits per heavy atom. The number of hydrogen-bond acceptors (Lipinski definition) is 9. The van der Waals surface area contributed by atoms with Gasteiger partial charge in [0.1, 0.15) is 36.1 Å². The maximum atomic E-state index is 12.8. The van der Waals surface area contributed by atoms with Crippen molar-refractivity contribution >= 4 is 22.6 Å². The molecule has 1 unspecified atom stereocenters. The Labute approximate surface area is 289 Å². The fourth-order valence-corrected chi connectivity index (χ4v) is 11.5. The van der Waals surface area contributed by atoms with Gasteiger partial charge in [0.25, 0.3) is 0 Å². The van der Waals surface area contributed by atoms with Crippen molar-refractivity contribution in [2.24, 2.45) is 0 Å². The standard InChI is InChI=1S/C37H56O9Si2/c1-9-47(10-2,11-3)42-26-32(46-48(12-4,13-5)14-6)34-36(43-27(7)38)35(40-24-28-18-16-15-17-19-28)33-31(44-34)25-41-37(45-33)29-20-22-30(39-8)23-21-29/h15-23,26,31,33-37H,9-14,24-25H2,1-8H3/b32-26-/t31-,33-,34+,35+,36+,37?/m1/s1. The summed E-state index contributed by atoms with van der Waals surface area (Å²) in [5.74, 6) is 0.863. The van der Waals surface area contributed by atoms with Gasteiger partial charge in [0.05, 0.1) is 20.3 Å². The molecule has 9 nitrogen and oxygen atoms in total. The van der Waals surface area contributed by atoms with Gasteiger partial charge >= 0.3 is 5.97 Å². The number of carbonyl (C=O) groups excluding carboxylic acids is 1. The highest BCUT2D eigenvalue weighted by molar-refractivity contribution is 6.74. The average molecular weight is 701 g/mol. The third-order valence-corrected chi connectivity index (χ3v) is 19.2. The first kappa shape index (κ1) is 38.1. The monoisotopic (exact) mass is 700 g/mol. The summed E-state index contributed by atoms with van der Waals surface area (Å²) in [6, 6.07) is 23.2. The lowest BCUT2D eigenvalue weighted by Crippen LogP contribution is -2.64. The van der Waals surface area contributed by atoms with E-state index in [0.29, 0.717) is 12.4 Å². The van der Waals surface area contributed by atoms with Gasteiger partial charge in [-0.1, -0.05) is 84.0 Å². The van der Waals surface area contributed by atoms with Crippen molar-refractivity contribution in [2.45, 2.75) is 128 Å². The Balaban J connectivity index is 1.78. The first-order chi connectivity index (χ1) is 23.2. The van der Waals surface area contributed by atoms with E-state index in [1.54, 1.807) is 13.4 Å². The van der Waals surface area contributed by atoms with Gasteiger partial charge in [0.2, 0.25) is 16.6 Å².